The van der Waals surface area contributed by atoms with Crippen LogP contribution in [0.25, 0.3) is 0 Å². The van der Waals surface area contributed by atoms with Gasteiger partial charge in [0.15, 0.2) is 0 Å². The van der Waals surface area contributed by atoms with Crippen LogP contribution in [0.2, 0.25) is 0 Å². The first-order valence-electron chi connectivity index (χ1n) is 7.52. The number of fused-ring (bicyclic) bond motifs is 2. The van der Waals surface area contributed by atoms with Gasteiger partial charge in [0.2, 0.25) is 0 Å². The number of rotatable bonds is 1. The standard InChI is InChI=1S/C12H20S.C6H6/c1-11-5-3-4-10(6-11)7-12(2,8-11)9-13;1-2-4-6-5-3-1/h9-10H,3-8H2,1-2H3;1-6H. The van der Waals surface area contributed by atoms with Crippen molar-refractivity contribution < 1.29 is 0 Å². The Morgan fingerprint density at radius 2 is 1.58 bits per heavy atom. The maximum atomic E-state index is 5.19. The highest BCUT2D eigenvalue weighted by Crippen LogP contribution is 2.54. The summed E-state index contributed by atoms with van der Waals surface area (Å²) >= 11 is 5.19. The van der Waals surface area contributed by atoms with E-state index in [2.05, 4.69) is 13.8 Å². The van der Waals surface area contributed by atoms with Gasteiger partial charge in [-0.15, -0.1) is 0 Å². The van der Waals surface area contributed by atoms with Crippen molar-refractivity contribution in [3.8, 4) is 0 Å². The Morgan fingerprint density at radius 3 is 2.05 bits per heavy atom. The second-order valence-corrected chi connectivity index (χ2v) is 7.32. The summed E-state index contributed by atoms with van der Waals surface area (Å²) in [5.74, 6) is 0.969. The minimum atomic E-state index is 0.368. The Kier molecular flexibility index (Phi) is 4.78. The fraction of sp³-hybridized carbons (Fsp3) is 0.611. The quantitative estimate of drug-likeness (QED) is 0.595. The van der Waals surface area contributed by atoms with Gasteiger partial charge in [-0.3, -0.25) is 0 Å². The summed E-state index contributed by atoms with van der Waals surface area (Å²) in [4.78, 5) is 0. The highest BCUT2D eigenvalue weighted by atomic mass is 32.1. The summed E-state index contributed by atoms with van der Waals surface area (Å²) in [6.07, 6.45) is 8.49. The molecule has 2 aliphatic carbocycles. The summed E-state index contributed by atoms with van der Waals surface area (Å²) in [5.41, 5.74) is 0.985. The first-order chi connectivity index (χ1) is 9.05. The molecule has 1 aromatic carbocycles. The molecule has 0 nitrogen and oxygen atoms in total. The summed E-state index contributed by atoms with van der Waals surface area (Å²) in [7, 11) is 0. The zero-order valence-electron chi connectivity index (χ0n) is 12.3. The zero-order chi connectivity index (χ0) is 13.8. The molecule has 0 heterocycles. The number of hydrogen-bond donors (Lipinski definition) is 0. The van der Waals surface area contributed by atoms with Crippen molar-refractivity contribution in [2.24, 2.45) is 16.7 Å². The van der Waals surface area contributed by atoms with Gasteiger partial charge in [0.1, 0.15) is 0 Å². The van der Waals surface area contributed by atoms with E-state index in [1.807, 2.05) is 41.8 Å². The number of benzene rings is 1. The Hall–Kier alpha value is -0.690. The van der Waals surface area contributed by atoms with Gasteiger partial charge in [-0.2, -0.15) is 0 Å². The molecule has 0 radical (unpaired) electrons. The van der Waals surface area contributed by atoms with Gasteiger partial charge in [0.25, 0.3) is 0 Å². The minimum absolute atomic E-state index is 0.368. The van der Waals surface area contributed by atoms with Crippen molar-refractivity contribution in [1.29, 1.82) is 0 Å². The molecule has 2 aliphatic rings. The predicted molar refractivity (Wildman–Crippen MR) is 87.5 cm³/mol. The second-order valence-electron chi connectivity index (χ2n) is 7.08. The lowest BCUT2D eigenvalue weighted by Crippen LogP contribution is -2.40. The van der Waals surface area contributed by atoms with Crippen molar-refractivity contribution >= 4 is 17.6 Å². The van der Waals surface area contributed by atoms with Gasteiger partial charge in [-0.25, -0.2) is 0 Å². The molecule has 0 aliphatic heterocycles. The van der Waals surface area contributed by atoms with Crippen molar-refractivity contribution in [3.05, 3.63) is 36.4 Å². The van der Waals surface area contributed by atoms with Gasteiger partial charge in [0, 0.05) is 0 Å². The SMILES string of the molecule is CC1(C=S)CC2CCCC(C)(C2)C1.c1ccccc1. The normalized spacial score (nSPS) is 36.8. The molecule has 0 aromatic heterocycles. The van der Waals surface area contributed by atoms with Crippen LogP contribution in [0, 0.1) is 16.7 Å². The minimum Gasteiger partial charge on any atom is -0.0929 e. The molecule has 2 bridgehead atoms. The summed E-state index contributed by atoms with van der Waals surface area (Å²) in [6.45, 7) is 4.82. The van der Waals surface area contributed by atoms with E-state index in [0.717, 1.165) is 5.92 Å². The molecule has 0 amide bonds. The van der Waals surface area contributed by atoms with Gasteiger partial charge in [-0.05, 0) is 47.8 Å². The molecule has 2 saturated carbocycles. The summed E-state index contributed by atoms with van der Waals surface area (Å²) in [6, 6.07) is 12.0. The van der Waals surface area contributed by atoms with Gasteiger partial charge in [0.05, 0.1) is 0 Å². The number of hydrogen-bond acceptors (Lipinski definition) is 1. The Bertz CT molecular complexity index is 373. The average molecular weight is 274 g/mol. The van der Waals surface area contributed by atoms with Crippen LogP contribution in [0.1, 0.15) is 52.4 Å². The van der Waals surface area contributed by atoms with E-state index in [-0.39, 0.29) is 0 Å². The molecule has 19 heavy (non-hydrogen) atoms. The topological polar surface area (TPSA) is 0 Å². The van der Waals surface area contributed by atoms with Crippen LogP contribution in [0.4, 0.5) is 0 Å². The molecule has 0 saturated heterocycles. The molecule has 3 unspecified atom stereocenters. The lowest BCUT2D eigenvalue weighted by Gasteiger charge is -2.50. The van der Waals surface area contributed by atoms with E-state index < -0.39 is 0 Å². The summed E-state index contributed by atoms with van der Waals surface area (Å²) < 4.78 is 0. The van der Waals surface area contributed by atoms with Crippen LogP contribution < -0.4 is 0 Å². The highest BCUT2D eigenvalue weighted by molar-refractivity contribution is 7.79. The van der Waals surface area contributed by atoms with Crippen LogP contribution in [0.3, 0.4) is 0 Å². The van der Waals surface area contributed by atoms with Crippen molar-refractivity contribution in [2.75, 3.05) is 0 Å². The van der Waals surface area contributed by atoms with Gasteiger partial charge >= 0.3 is 0 Å². The van der Waals surface area contributed by atoms with E-state index >= 15 is 0 Å². The Balaban J connectivity index is 0.000000186. The Morgan fingerprint density at radius 1 is 1.00 bits per heavy atom. The van der Waals surface area contributed by atoms with Gasteiger partial charge in [-0.1, -0.05) is 75.3 Å². The third-order valence-corrected chi connectivity index (χ3v) is 5.28. The fourth-order valence-corrected chi connectivity index (χ4v) is 4.41. The van der Waals surface area contributed by atoms with Crippen molar-refractivity contribution in [1.82, 2.24) is 0 Å². The van der Waals surface area contributed by atoms with Crippen LogP contribution in [-0.2, 0) is 0 Å². The second kappa shape index (κ2) is 6.17. The molecule has 1 heteroatoms. The molecule has 0 N–H and O–H groups in total. The van der Waals surface area contributed by atoms with Crippen molar-refractivity contribution in [3.63, 3.8) is 0 Å². The van der Waals surface area contributed by atoms with Gasteiger partial charge < -0.3 is 0 Å². The lowest BCUT2D eigenvalue weighted by molar-refractivity contribution is 0.0406. The smallest absolute Gasteiger partial charge is 0.00341 e. The zero-order valence-corrected chi connectivity index (χ0v) is 13.1. The largest absolute Gasteiger partial charge is 0.0929 e. The molecule has 104 valence electrons. The Labute approximate surface area is 123 Å². The van der Waals surface area contributed by atoms with Crippen LogP contribution in [0.15, 0.2) is 36.4 Å². The van der Waals surface area contributed by atoms with Crippen LogP contribution >= 0.6 is 12.2 Å². The molecule has 3 atom stereocenters. The monoisotopic (exact) mass is 274 g/mol. The first kappa shape index (κ1) is 14.7. The van der Waals surface area contributed by atoms with E-state index in [1.165, 1.54) is 38.5 Å². The summed E-state index contributed by atoms with van der Waals surface area (Å²) in [5, 5.41) is 2.04. The molecular weight excluding hydrogens is 248 g/mol. The molecule has 2 fully saturated rings. The third-order valence-electron chi connectivity index (χ3n) is 4.71. The molecule has 1 aromatic rings. The maximum absolute atomic E-state index is 5.19. The predicted octanol–water partition coefficient (Wildman–Crippen LogP) is 5.67. The molecular formula is C18H26S. The van der Waals surface area contributed by atoms with E-state index in [0.29, 0.717) is 10.8 Å². The van der Waals surface area contributed by atoms with Crippen LogP contribution in [-0.4, -0.2) is 5.37 Å². The number of thiocarbonyl (C=S) groups is 1. The van der Waals surface area contributed by atoms with E-state index in [1.54, 1.807) is 0 Å². The van der Waals surface area contributed by atoms with E-state index in [9.17, 15) is 0 Å². The molecule has 3 rings (SSSR count). The van der Waals surface area contributed by atoms with E-state index in [4.69, 9.17) is 12.2 Å². The fourth-order valence-electron chi connectivity index (χ4n) is 4.23. The van der Waals surface area contributed by atoms with Crippen molar-refractivity contribution in [2.45, 2.75) is 52.4 Å². The first-order valence-corrected chi connectivity index (χ1v) is 7.99. The maximum Gasteiger partial charge on any atom is -0.00341 e. The molecule has 0 spiro atoms. The lowest BCUT2D eigenvalue weighted by atomic mass is 9.55. The average Bonchev–Trinajstić information content (AvgIpc) is 2.40. The third kappa shape index (κ3) is 4.14. The van der Waals surface area contributed by atoms with Crippen LogP contribution in [0.5, 0.6) is 0 Å². The highest BCUT2D eigenvalue weighted by Gasteiger charge is 2.44.